The maximum Gasteiger partial charge on any atom is 0.323 e. The summed E-state index contributed by atoms with van der Waals surface area (Å²) < 4.78 is 0. The van der Waals surface area contributed by atoms with E-state index in [4.69, 9.17) is 10.8 Å². The van der Waals surface area contributed by atoms with Gasteiger partial charge in [-0.25, -0.2) is 4.79 Å². The standard InChI is InChI=1S/C13H25N3O4/c1-5-6-7-15(8-10(14)17)12(20)16(9-11(18)19)13(2,3)4/h5-9H2,1-4H3,(H2,14,17)(H,18,19). The molecule has 0 spiro atoms. The number of hydrogen-bond donors (Lipinski definition) is 2. The topological polar surface area (TPSA) is 104 Å². The molecule has 3 N–H and O–H groups in total. The molecule has 0 aliphatic heterocycles. The highest BCUT2D eigenvalue weighted by molar-refractivity contribution is 5.85. The van der Waals surface area contributed by atoms with Crippen LogP contribution in [0.2, 0.25) is 0 Å². The molecule has 0 radical (unpaired) electrons. The number of amides is 3. The summed E-state index contributed by atoms with van der Waals surface area (Å²) in [6.07, 6.45) is 1.58. The highest BCUT2D eigenvalue weighted by Gasteiger charge is 2.32. The predicted octanol–water partition coefficient (Wildman–Crippen LogP) is 0.879. The van der Waals surface area contributed by atoms with Gasteiger partial charge in [0.2, 0.25) is 5.91 Å². The summed E-state index contributed by atoms with van der Waals surface area (Å²) in [5, 5.41) is 8.93. The van der Waals surface area contributed by atoms with Crippen LogP contribution in [0.4, 0.5) is 4.79 Å². The summed E-state index contributed by atoms with van der Waals surface area (Å²) >= 11 is 0. The second-order valence-electron chi connectivity index (χ2n) is 5.67. The first-order chi connectivity index (χ1) is 9.09. The first-order valence-corrected chi connectivity index (χ1v) is 6.66. The van der Waals surface area contributed by atoms with Crippen LogP contribution in [0.3, 0.4) is 0 Å². The number of carbonyl (C=O) groups excluding carboxylic acids is 2. The van der Waals surface area contributed by atoms with E-state index in [0.717, 1.165) is 12.8 Å². The molecule has 0 aromatic rings. The lowest BCUT2D eigenvalue weighted by atomic mass is 10.1. The third kappa shape index (κ3) is 6.40. The lowest BCUT2D eigenvalue weighted by Gasteiger charge is -2.38. The van der Waals surface area contributed by atoms with E-state index < -0.39 is 30.0 Å². The average Bonchev–Trinajstić information content (AvgIpc) is 2.28. The number of nitrogens with two attached hydrogens (primary N) is 1. The molecule has 3 amide bonds. The molecule has 0 bridgehead atoms. The molecule has 0 atom stereocenters. The number of nitrogens with zero attached hydrogens (tertiary/aromatic N) is 2. The Morgan fingerprint density at radius 3 is 2.05 bits per heavy atom. The van der Waals surface area contributed by atoms with Gasteiger partial charge in [-0.1, -0.05) is 13.3 Å². The van der Waals surface area contributed by atoms with E-state index in [9.17, 15) is 14.4 Å². The van der Waals surface area contributed by atoms with Gasteiger partial charge in [0.25, 0.3) is 0 Å². The van der Waals surface area contributed by atoms with Crippen molar-refractivity contribution in [2.24, 2.45) is 5.73 Å². The molecule has 0 fully saturated rings. The maximum atomic E-state index is 12.4. The minimum Gasteiger partial charge on any atom is -0.480 e. The molecule has 0 saturated carbocycles. The Balaban J connectivity index is 5.12. The maximum absolute atomic E-state index is 12.4. The molecular weight excluding hydrogens is 262 g/mol. The van der Waals surface area contributed by atoms with Crippen LogP contribution in [0.25, 0.3) is 0 Å². The first-order valence-electron chi connectivity index (χ1n) is 6.66. The van der Waals surface area contributed by atoms with Crippen molar-refractivity contribution in [1.82, 2.24) is 9.80 Å². The van der Waals surface area contributed by atoms with E-state index in [1.165, 1.54) is 9.80 Å². The Kier molecular flexibility index (Phi) is 7.02. The number of carboxylic acids is 1. The number of aliphatic carboxylic acids is 1. The van der Waals surface area contributed by atoms with Crippen molar-refractivity contribution in [3.63, 3.8) is 0 Å². The second-order valence-corrected chi connectivity index (χ2v) is 5.67. The van der Waals surface area contributed by atoms with Gasteiger partial charge in [-0.2, -0.15) is 0 Å². The quantitative estimate of drug-likeness (QED) is 0.725. The third-order valence-corrected chi connectivity index (χ3v) is 2.73. The van der Waals surface area contributed by atoms with E-state index in [1.807, 2.05) is 6.92 Å². The van der Waals surface area contributed by atoms with Crippen molar-refractivity contribution in [2.75, 3.05) is 19.6 Å². The van der Waals surface area contributed by atoms with Gasteiger partial charge in [-0.3, -0.25) is 9.59 Å². The zero-order chi connectivity index (χ0) is 15.9. The van der Waals surface area contributed by atoms with Crippen molar-refractivity contribution in [3.05, 3.63) is 0 Å². The minimum absolute atomic E-state index is 0.203. The van der Waals surface area contributed by atoms with Crippen LogP contribution in [-0.2, 0) is 9.59 Å². The lowest BCUT2D eigenvalue weighted by Crippen LogP contribution is -2.55. The highest BCUT2D eigenvalue weighted by atomic mass is 16.4. The molecular formula is C13H25N3O4. The Morgan fingerprint density at radius 2 is 1.70 bits per heavy atom. The van der Waals surface area contributed by atoms with Gasteiger partial charge in [0.05, 0.1) is 0 Å². The van der Waals surface area contributed by atoms with E-state index in [0.29, 0.717) is 6.54 Å². The van der Waals surface area contributed by atoms with Crippen LogP contribution in [0.5, 0.6) is 0 Å². The van der Waals surface area contributed by atoms with Crippen molar-refractivity contribution < 1.29 is 19.5 Å². The van der Waals surface area contributed by atoms with Crippen LogP contribution in [0.1, 0.15) is 40.5 Å². The lowest BCUT2D eigenvalue weighted by molar-refractivity contribution is -0.138. The molecule has 20 heavy (non-hydrogen) atoms. The summed E-state index contributed by atoms with van der Waals surface area (Å²) in [6.45, 7) is 6.97. The number of primary amides is 1. The molecule has 0 aliphatic rings. The number of unbranched alkanes of at least 4 members (excludes halogenated alkanes) is 1. The zero-order valence-corrected chi connectivity index (χ0v) is 12.7. The normalized spacial score (nSPS) is 11.0. The fourth-order valence-electron chi connectivity index (χ4n) is 1.68. The molecule has 7 heteroatoms. The molecule has 0 rings (SSSR count). The van der Waals surface area contributed by atoms with Crippen molar-refractivity contribution in [2.45, 2.75) is 46.1 Å². The molecule has 0 unspecified atom stereocenters. The summed E-state index contributed by atoms with van der Waals surface area (Å²) in [5.74, 6) is -1.71. The van der Waals surface area contributed by atoms with Gasteiger partial charge in [-0.15, -0.1) is 0 Å². The fourth-order valence-corrected chi connectivity index (χ4v) is 1.68. The number of rotatable bonds is 7. The molecule has 116 valence electrons. The smallest absolute Gasteiger partial charge is 0.323 e. The number of urea groups is 1. The van der Waals surface area contributed by atoms with Gasteiger partial charge < -0.3 is 20.6 Å². The van der Waals surface area contributed by atoms with E-state index >= 15 is 0 Å². The van der Waals surface area contributed by atoms with Crippen molar-refractivity contribution >= 4 is 17.9 Å². The largest absolute Gasteiger partial charge is 0.480 e. The van der Waals surface area contributed by atoms with Crippen LogP contribution < -0.4 is 5.73 Å². The Hall–Kier alpha value is -1.79. The van der Waals surface area contributed by atoms with Crippen LogP contribution in [0.15, 0.2) is 0 Å². The summed E-state index contributed by atoms with van der Waals surface area (Å²) in [5.41, 5.74) is 4.49. The zero-order valence-electron chi connectivity index (χ0n) is 12.7. The summed E-state index contributed by atoms with van der Waals surface area (Å²) in [4.78, 5) is 37.0. The Labute approximate surface area is 119 Å². The van der Waals surface area contributed by atoms with Gasteiger partial charge in [-0.05, 0) is 27.2 Å². The third-order valence-electron chi connectivity index (χ3n) is 2.73. The van der Waals surface area contributed by atoms with Crippen LogP contribution in [-0.4, -0.2) is 58.0 Å². The van der Waals surface area contributed by atoms with E-state index in [1.54, 1.807) is 20.8 Å². The van der Waals surface area contributed by atoms with Crippen molar-refractivity contribution in [1.29, 1.82) is 0 Å². The fraction of sp³-hybridized carbons (Fsp3) is 0.769. The SMILES string of the molecule is CCCCN(CC(N)=O)C(=O)N(CC(=O)O)C(C)(C)C. The predicted molar refractivity (Wildman–Crippen MR) is 75.2 cm³/mol. The molecule has 0 aliphatic carbocycles. The number of carboxylic acid groups (broad SMARTS) is 1. The highest BCUT2D eigenvalue weighted by Crippen LogP contribution is 2.16. The van der Waals surface area contributed by atoms with Gasteiger partial charge in [0, 0.05) is 12.1 Å². The molecule has 0 aromatic heterocycles. The summed E-state index contributed by atoms with van der Waals surface area (Å²) in [7, 11) is 0. The molecule has 0 heterocycles. The molecule has 7 nitrogen and oxygen atoms in total. The van der Waals surface area contributed by atoms with Gasteiger partial charge in [0.1, 0.15) is 13.1 Å². The van der Waals surface area contributed by atoms with Crippen LogP contribution in [0, 0.1) is 0 Å². The van der Waals surface area contributed by atoms with Crippen LogP contribution >= 0.6 is 0 Å². The molecule has 0 aromatic carbocycles. The number of hydrogen-bond acceptors (Lipinski definition) is 3. The van der Waals surface area contributed by atoms with Gasteiger partial charge in [0.15, 0.2) is 0 Å². The van der Waals surface area contributed by atoms with Crippen molar-refractivity contribution in [3.8, 4) is 0 Å². The Morgan fingerprint density at radius 1 is 1.15 bits per heavy atom. The number of carbonyl (C=O) groups is 3. The van der Waals surface area contributed by atoms with Gasteiger partial charge >= 0.3 is 12.0 Å². The monoisotopic (exact) mass is 287 g/mol. The first kappa shape index (κ1) is 18.2. The summed E-state index contributed by atoms with van der Waals surface area (Å²) in [6, 6.07) is -0.479. The Bertz CT molecular complexity index is 363. The molecule has 0 saturated heterocycles. The van der Waals surface area contributed by atoms with E-state index in [-0.39, 0.29) is 6.54 Å². The minimum atomic E-state index is -1.09. The van der Waals surface area contributed by atoms with E-state index in [2.05, 4.69) is 0 Å². The second kappa shape index (κ2) is 7.72. The average molecular weight is 287 g/mol.